The number of urea groups is 1. The minimum Gasteiger partial charge on any atom is -0.481 e. The van der Waals surface area contributed by atoms with Crippen molar-refractivity contribution in [1.82, 2.24) is 10.2 Å². The van der Waals surface area contributed by atoms with Crippen LogP contribution in [-0.2, 0) is 9.53 Å². The summed E-state index contributed by atoms with van der Waals surface area (Å²) in [5, 5.41) is 11.8. The second-order valence-corrected chi connectivity index (χ2v) is 5.58. The summed E-state index contributed by atoms with van der Waals surface area (Å²) >= 11 is 1.69. The van der Waals surface area contributed by atoms with Gasteiger partial charge in [-0.1, -0.05) is 6.92 Å². The Kier molecular flexibility index (Phi) is 6.44. The van der Waals surface area contributed by atoms with E-state index in [-0.39, 0.29) is 25.3 Å². The molecule has 0 spiro atoms. The van der Waals surface area contributed by atoms with Crippen molar-refractivity contribution >= 4 is 23.8 Å². The lowest BCUT2D eigenvalue weighted by molar-refractivity contribution is -0.142. The first-order valence-corrected chi connectivity index (χ1v) is 7.73. The van der Waals surface area contributed by atoms with E-state index in [0.29, 0.717) is 0 Å². The van der Waals surface area contributed by atoms with Crippen molar-refractivity contribution in [2.75, 3.05) is 32.3 Å². The van der Waals surface area contributed by atoms with Gasteiger partial charge < -0.3 is 20.1 Å². The van der Waals surface area contributed by atoms with E-state index in [2.05, 4.69) is 5.32 Å². The Morgan fingerprint density at radius 2 is 2.21 bits per heavy atom. The van der Waals surface area contributed by atoms with Gasteiger partial charge in [0, 0.05) is 18.8 Å². The zero-order chi connectivity index (χ0) is 14.4. The number of amides is 2. The number of rotatable bonds is 6. The second kappa shape index (κ2) is 7.59. The van der Waals surface area contributed by atoms with Crippen LogP contribution < -0.4 is 5.32 Å². The number of carbonyl (C=O) groups is 2. The standard InChI is InChI=1S/C12H22N2O4S/c1-4-8(7-19-3)14(2)12(17)13-10-6-18-5-9(10)11(15)16/h8-10H,4-7H2,1-3H3,(H,13,17)(H,15,16). The van der Waals surface area contributed by atoms with Crippen molar-refractivity contribution in [3.8, 4) is 0 Å². The lowest BCUT2D eigenvalue weighted by Gasteiger charge is -2.28. The van der Waals surface area contributed by atoms with Crippen molar-refractivity contribution in [2.45, 2.75) is 25.4 Å². The van der Waals surface area contributed by atoms with Gasteiger partial charge in [-0.15, -0.1) is 0 Å². The normalized spacial score (nSPS) is 23.9. The maximum Gasteiger partial charge on any atom is 0.317 e. The van der Waals surface area contributed by atoms with Crippen LogP contribution in [0.1, 0.15) is 13.3 Å². The lowest BCUT2D eigenvalue weighted by atomic mass is 10.0. The van der Waals surface area contributed by atoms with Crippen molar-refractivity contribution < 1.29 is 19.4 Å². The highest BCUT2D eigenvalue weighted by Gasteiger charge is 2.36. The molecule has 110 valence electrons. The molecule has 3 unspecified atom stereocenters. The lowest BCUT2D eigenvalue weighted by Crippen LogP contribution is -2.51. The Morgan fingerprint density at radius 1 is 1.53 bits per heavy atom. The van der Waals surface area contributed by atoms with Crippen LogP contribution in [0.15, 0.2) is 0 Å². The quantitative estimate of drug-likeness (QED) is 0.759. The van der Waals surface area contributed by atoms with Gasteiger partial charge in [0.1, 0.15) is 5.92 Å². The summed E-state index contributed by atoms with van der Waals surface area (Å²) in [6, 6.07) is -0.525. The molecule has 1 rings (SSSR count). The van der Waals surface area contributed by atoms with Gasteiger partial charge in [0.05, 0.1) is 19.3 Å². The van der Waals surface area contributed by atoms with Gasteiger partial charge in [-0.2, -0.15) is 11.8 Å². The van der Waals surface area contributed by atoms with Gasteiger partial charge in [-0.3, -0.25) is 4.79 Å². The van der Waals surface area contributed by atoms with Crippen molar-refractivity contribution in [3.05, 3.63) is 0 Å². The van der Waals surface area contributed by atoms with E-state index >= 15 is 0 Å². The van der Waals surface area contributed by atoms with E-state index in [0.717, 1.165) is 12.2 Å². The van der Waals surface area contributed by atoms with E-state index in [1.165, 1.54) is 0 Å². The first kappa shape index (κ1) is 16.1. The predicted molar refractivity (Wildman–Crippen MR) is 74.5 cm³/mol. The van der Waals surface area contributed by atoms with Gasteiger partial charge in [-0.05, 0) is 12.7 Å². The van der Waals surface area contributed by atoms with E-state index in [1.54, 1.807) is 23.7 Å². The topological polar surface area (TPSA) is 78.9 Å². The molecule has 1 saturated heterocycles. The first-order chi connectivity index (χ1) is 9.01. The fourth-order valence-corrected chi connectivity index (χ4v) is 2.91. The van der Waals surface area contributed by atoms with Gasteiger partial charge >= 0.3 is 12.0 Å². The Bertz CT molecular complexity index is 327. The molecule has 2 N–H and O–H groups in total. The van der Waals surface area contributed by atoms with Crippen molar-refractivity contribution in [3.63, 3.8) is 0 Å². The fraction of sp³-hybridized carbons (Fsp3) is 0.833. The van der Waals surface area contributed by atoms with Crippen molar-refractivity contribution in [2.24, 2.45) is 5.92 Å². The third-order valence-corrected chi connectivity index (χ3v) is 4.12. The fourth-order valence-electron chi connectivity index (χ4n) is 2.06. The minimum absolute atomic E-state index is 0.153. The number of ether oxygens (including phenoxy) is 1. The van der Waals surface area contributed by atoms with Crippen LogP contribution in [-0.4, -0.2) is 66.4 Å². The van der Waals surface area contributed by atoms with Gasteiger partial charge in [-0.25, -0.2) is 4.79 Å². The Morgan fingerprint density at radius 3 is 2.74 bits per heavy atom. The zero-order valence-electron chi connectivity index (χ0n) is 11.6. The molecule has 6 nitrogen and oxygen atoms in total. The number of hydrogen-bond donors (Lipinski definition) is 2. The highest BCUT2D eigenvalue weighted by molar-refractivity contribution is 7.98. The molecule has 19 heavy (non-hydrogen) atoms. The van der Waals surface area contributed by atoms with Crippen LogP contribution in [0.4, 0.5) is 4.79 Å². The van der Waals surface area contributed by atoms with Crippen LogP contribution >= 0.6 is 11.8 Å². The molecule has 0 saturated carbocycles. The maximum absolute atomic E-state index is 12.1. The highest BCUT2D eigenvalue weighted by Crippen LogP contribution is 2.15. The molecule has 1 heterocycles. The predicted octanol–water partition coefficient (Wildman–Crippen LogP) is 0.869. The summed E-state index contributed by atoms with van der Waals surface area (Å²) in [6.45, 7) is 2.45. The molecule has 1 aliphatic heterocycles. The number of nitrogens with zero attached hydrogens (tertiary/aromatic N) is 1. The molecule has 0 radical (unpaired) electrons. The Hall–Kier alpha value is -0.950. The summed E-state index contributed by atoms with van der Waals surface area (Å²) in [5.41, 5.74) is 0. The number of nitrogens with one attached hydrogen (secondary N) is 1. The molecule has 7 heteroatoms. The van der Waals surface area contributed by atoms with Gasteiger partial charge in [0.15, 0.2) is 0 Å². The number of carbonyl (C=O) groups excluding carboxylic acids is 1. The number of carboxylic acids is 1. The molecule has 0 aromatic heterocycles. The Balaban J connectivity index is 2.55. The molecular weight excluding hydrogens is 268 g/mol. The Labute approximate surface area is 117 Å². The number of thioether (sulfide) groups is 1. The largest absolute Gasteiger partial charge is 0.481 e. The minimum atomic E-state index is -0.929. The van der Waals surface area contributed by atoms with Crippen LogP contribution in [0.5, 0.6) is 0 Å². The van der Waals surface area contributed by atoms with E-state index < -0.39 is 17.9 Å². The molecule has 3 atom stereocenters. The second-order valence-electron chi connectivity index (χ2n) is 4.67. The number of aliphatic carboxylic acids is 1. The molecule has 1 aliphatic rings. The molecule has 1 fully saturated rings. The summed E-state index contributed by atoms with van der Waals surface area (Å²) < 4.78 is 5.13. The number of carboxylic acid groups (broad SMARTS) is 1. The smallest absolute Gasteiger partial charge is 0.317 e. The van der Waals surface area contributed by atoms with Gasteiger partial charge in [0.25, 0.3) is 0 Å². The summed E-state index contributed by atoms with van der Waals surface area (Å²) in [7, 11) is 1.74. The summed E-state index contributed by atoms with van der Waals surface area (Å²) in [4.78, 5) is 24.8. The third kappa shape index (κ3) is 4.28. The van der Waals surface area contributed by atoms with Crippen LogP contribution in [0.3, 0.4) is 0 Å². The van der Waals surface area contributed by atoms with Crippen molar-refractivity contribution in [1.29, 1.82) is 0 Å². The third-order valence-electron chi connectivity index (χ3n) is 3.40. The molecular formula is C12H22N2O4S. The first-order valence-electron chi connectivity index (χ1n) is 6.34. The SMILES string of the molecule is CCC(CSC)N(C)C(=O)NC1COCC1C(=O)O. The molecule has 0 bridgehead atoms. The van der Waals surface area contributed by atoms with E-state index in [9.17, 15) is 9.59 Å². The average molecular weight is 290 g/mol. The van der Waals surface area contributed by atoms with Crippen LogP contribution in [0, 0.1) is 5.92 Å². The average Bonchev–Trinajstić information content (AvgIpc) is 2.83. The molecule has 2 amide bonds. The summed E-state index contributed by atoms with van der Waals surface area (Å²) in [6.07, 6.45) is 2.87. The maximum atomic E-state index is 12.1. The summed E-state index contributed by atoms with van der Waals surface area (Å²) in [5.74, 6) is -0.719. The van der Waals surface area contributed by atoms with Gasteiger partial charge in [0.2, 0.25) is 0 Å². The molecule has 0 aromatic carbocycles. The van der Waals surface area contributed by atoms with Crippen LogP contribution in [0.2, 0.25) is 0 Å². The monoisotopic (exact) mass is 290 g/mol. The van der Waals surface area contributed by atoms with E-state index in [4.69, 9.17) is 9.84 Å². The van der Waals surface area contributed by atoms with E-state index in [1.807, 2.05) is 13.2 Å². The zero-order valence-corrected chi connectivity index (χ0v) is 12.4. The van der Waals surface area contributed by atoms with Crippen LogP contribution in [0.25, 0.3) is 0 Å². The molecule has 0 aliphatic carbocycles. The molecule has 0 aromatic rings. The number of hydrogen-bond acceptors (Lipinski definition) is 4. The highest BCUT2D eigenvalue weighted by atomic mass is 32.2.